The topological polar surface area (TPSA) is 55.8 Å². The molecule has 1 aliphatic heterocycles. The molecule has 0 aromatic carbocycles. The van der Waals surface area contributed by atoms with E-state index >= 15 is 0 Å². The average molecular weight is 237 g/mol. The number of nitrogens with zero attached hydrogens (tertiary/aromatic N) is 2. The van der Waals surface area contributed by atoms with E-state index in [2.05, 4.69) is 5.43 Å². The van der Waals surface area contributed by atoms with Gasteiger partial charge in [0.2, 0.25) is 0 Å². The number of nitrogens with one attached hydrogen (secondary N) is 1. The Kier molecular flexibility index (Phi) is 4.17. The first-order valence-electron chi connectivity index (χ1n) is 5.05. The first-order valence-corrected chi connectivity index (χ1v) is 5.05. The summed E-state index contributed by atoms with van der Waals surface area (Å²) in [6.07, 6.45) is 0. The van der Waals surface area contributed by atoms with Crippen LogP contribution in [0.5, 0.6) is 0 Å². The number of hydrogen-bond acceptors (Lipinski definition) is 4. The van der Waals surface area contributed by atoms with Gasteiger partial charge in [0, 0.05) is 13.1 Å². The molecule has 94 valence electrons. The van der Waals surface area contributed by atoms with Crippen molar-refractivity contribution in [2.45, 2.75) is 5.92 Å². The molecule has 0 radical (unpaired) electrons. The summed E-state index contributed by atoms with van der Waals surface area (Å²) in [7, 11) is 3.13. The summed E-state index contributed by atoms with van der Waals surface area (Å²) >= 11 is 0. The van der Waals surface area contributed by atoms with Crippen LogP contribution in [-0.2, 0) is 4.79 Å². The van der Waals surface area contributed by atoms with Crippen molar-refractivity contribution in [3.05, 3.63) is 0 Å². The molecule has 0 aromatic rings. The van der Waals surface area contributed by atoms with Crippen LogP contribution in [0, 0.1) is 5.92 Å². The highest BCUT2D eigenvalue weighted by Gasteiger charge is 2.47. The predicted molar refractivity (Wildman–Crippen MR) is 54.2 cm³/mol. The molecule has 0 spiro atoms. The molecule has 1 fully saturated rings. The van der Waals surface area contributed by atoms with E-state index in [1.807, 2.05) is 0 Å². The van der Waals surface area contributed by atoms with Crippen molar-refractivity contribution in [3.8, 4) is 0 Å². The van der Waals surface area contributed by atoms with E-state index in [4.69, 9.17) is 5.11 Å². The summed E-state index contributed by atoms with van der Waals surface area (Å²) in [5.74, 6) is -4.60. The molecule has 1 atom stereocenters. The van der Waals surface area contributed by atoms with Gasteiger partial charge in [-0.2, -0.15) is 0 Å². The number of carboxylic acids is 1. The van der Waals surface area contributed by atoms with Gasteiger partial charge in [0.25, 0.3) is 5.92 Å². The molecule has 1 unspecified atom stereocenters. The molecule has 1 heterocycles. The van der Waals surface area contributed by atoms with E-state index in [0.29, 0.717) is 0 Å². The van der Waals surface area contributed by atoms with Gasteiger partial charge in [-0.25, -0.2) is 13.8 Å². The quantitative estimate of drug-likeness (QED) is 0.688. The van der Waals surface area contributed by atoms with E-state index in [-0.39, 0.29) is 26.2 Å². The second-order valence-electron chi connectivity index (χ2n) is 4.15. The summed E-state index contributed by atoms with van der Waals surface area (Å²) < 4.78 is 27.0. The summed E-state index contributed by atoms with van der Waals surface area (Å²) in [5, 5.41) is 9.98. The molecule has 0 bridgehead atoms. The zero-order valence-corrected chi connectivity index (χ0v) is 9.41. The molecular formula is C9H17F2N3O2. The van der Waals surface area contributed by atoms with Crippen molar-refractivity contribution < 1.29 is 18.7 Å². The number of carbonyl (C=O) groups is 1. The van der Waals surface area contributed by atoms with E-state index in [0.717, 1.165) is 0 Å². The molecule has 1 aliphatic rings. The van der Waals surface area contributed by atoms with Crippen LogP contribution in [0.4, 0.5) is 8.78 Å². The fourth-order valence-electron chi connectivity index (χ4n) is 1.88. The molecule has 0 aromatic heterocycles. The molecule has 16 heavy (non-hydrogen) atoms. The van der Waals surface area contributed by atoms with Gasteiger partial charge >= 0.3 is 5.97 Å². The van der Waals surface area contributed by atoms with Gasteiger partial charge in [0.15, 0.2) is 0 Å². The second kappa shape index (κ2) is 5.03. The summed E-state index contributed by atoms with van der Waals surface area (Å²) in [6.45, 7) is -0.230. The van der Waals surface area contributed by atoms with Gasteiger partial charge in [-0.15, -0.1) is 0 Å². The molecule has 0 aliphatic carbocycles. The Morgan fingerprint density at radius 2 is 2.31 bits per heavy atom. The second-order valence-corrected chi connectivity index (χ2v) is 4.15. The largest absolute Gasteiger partial charge is 0.480 e. The number of hydrazine groups is 1. The molecular weight excluding hydrogens is 220 g/mol. The molecule has 0 saturated carbocycles. The van der Waals surface area contributed by atoms with Crippen LogP contribution >= 0.6 is 0 Å². The van der Waals surface area contributed by atoms with Gasteiger partial charge < -0.3 is 5.11 Å². The lowest BCUT2D eigenvalue weighted by atomic mass is 10.1. The van der Waals surface area contributed by atoms with Crippen LogP contribution in [0.25, 0.3) is 0 Å². The van der Waals surface area contributed by atoms with Crippen LogP contribution in [-0.4, -0.2) is 67.2 Å². The van der Waals surface area contributed by atoms with Crippen LogP contribution < -0.4 is 5.43 Å². The van der Waals surface area contributed by atoms with Crippen molar-refractivity contribution in [1.29, 1.82) is 0 Å². The number of rotatable bonds is 5. The van der Waals surface area contributed by atoms with Crippen molar-refractivity contribution in [2.24, 2.45) is 5.92 Å². The zero-order chi connectivity index (χ0) is 12.3. The third kappa shape index (κ3) is 3.36. The number of hydrogen-bond donors (Lipinski definition) is 2. The fourth-order valence-corrected chi connectivity index (χ4v) is 1.88. The Morgan fingerprint density at radius 3 is 2.75 bits per heavy atom. The van der Waals surface area contributed by atoms with Crippen molar-refractivity contribution >= 4 is 5.97 Å². The Balaban J connectivity index is 2.50. The van der Waals surface area contributed by atoms with Crippen molar-refractivity contribution in [2.75, 3.05) is 40.3 Å². The lowest BCUT2D eigenvalue weighted by Crippen LogP contribution is -2.38. The van der Waals surface area contributed by atoms with Gasteiger partial charge in [-0.1, -0.05) is 0 Å². The minimum Gasteiger partial charge on any atom is -0.480 e. The fraction of sp³-hybridized carbons (Fsp3) is 0.889. The molecule has 7 heteroatoms. The van der Waals surface area contributed by atoms with E-state index < -0.39 is 17.8 Å². The van der Waals surface area contributed by atoms with Gasteiger partial charge in [-0.3, -0.25) is 15.1 Å². The minimum absolute atomic E-state index is 0.0808. The Bertz CT molecular complexity index is 263. The zero-order valence-electron chi connectivity index (χ0n) is 9.41. The Labute approximate surface area is 93.0 Å². The third-order valence-corrected chi connectivity index (χ3v) is 2.69. The number of likely N-dealkylation sites (N-methyl/N-ethyl adjacent to an activating group) is 1. The highest BCUT2D eigenvalue weighted by atomic mass is 19.3. The molecule has 5 nitrogen and oxygen atoms in total. The molecule has 0 amide bonds. The van der Waals surface area contributed by atoms with Crippen LogP contribution in [0.2, 0.25) is 0 Å². The molecule has 1 saturated heterocycles. The Morgan fingerprint density at radius 1 is 1.69 bits per heavy atom. The van der Waals surface area contributed by atoms with E-state index in [9.17, 15) is 13.6 Å². The highest BCUT2D eigenvalue weighted by Crippen LogP contribution is 2.32. The monoisotopic (exact) mass is 237 g/mol. The average Bonchev–Trinajstić information content (AvgIpc) is 2.40. The van der Waals surface area contributed by atoms with E-state index in [1.165, 1.54) is 17.0 Å². The third-order valence-electron chi connectivity index (χ3n) is 2.69. The predicted octanol–water partition coefficient (Wildman–Crippen LogP) is -0.296. The first-order chi connectivity index (χ1) is 7.35. The maximum atomic E-state index is 13.5. The van der Waals surface area contributed by atoms with Gasteiger partial charge in [-0.05, 0) is 14.1 Å². The maximum absolute atomic E-state index is 13.5. The van der Waals surface area contributed by atoms with Gasteiger partial charge in [0.05, 0.1) is 19.0 Å². The number of carboxylic acid groups (broad SMARTS) is 1. The summed E-state index contributed by atoms with van der Waals surface area (Å²) in [4.78, 5) is 11.8. The summed E-state index contributed by atoms with van der Waals surface area (Å²) in [6, 6.07) is 0. The smallest absolute Gasteiger partial charge is 0.317 e. The highest BCUT2D eigenvalue weighted by molar-refractivity contribution is 5.68. The minimum atomic E-state index is -2.77. The normalized spacial score (nSPS) is 25.2. The first kappa shape index (κ1) is 13.3. The Hall–Kier alpha value is -0.790. The van der Waals surface area contributed by atoms with Crippen LogP contribution in [0.1, 0.15) is 0 Å². The lowest BCUT2D eigenvalue weighted by molar-refractivity contribution is -0.138. The SMILES string of the molecule is CNN1CC(CN(C)CC(=O)O)C(F)(F)C1. The number of halogens is 2. The van der Waals surface area contributed by atoms with Crippen molar-refractivity contribution in [1.82, 2.24) is 15.3 Å². The molecule has 2 N–H and O–H groups in total. The number of aliphatic carboxylic acids is 1. The van der Waals surface area contributed by atoms with Crippen LogP contribution in [0.15, 0.2) is 0 Å². The van der Waals surface area contributed by atoms with Crippen LogP contribution in [0.3, 0.4) is 0 Å². The van der Waals surface area contributed by atoms with Gasteiger partial charge in [0.1, 0.15) is 0 Å². The molecule has 1 rings (SSSR count). The summed E-state index contributed by atoms with van der Waals surface area (Å²) in [5.41, 5.74) is 2.68. The van der Waals surface area contributed by atoms with E-state index in [1.54, 1.807) is 7.05 Å². The maximum Gasteiger partial charge on any atom is 0.317 e. The standard InChI is InChI=1S/C9H17F2N3O2/c1-12-14-4-7(9(10,11)6-14)3-13(2)5-8(15)16/h7,12H,3-6H2,1-2H3,(H,15,16). The lowest BCUT2D eigenvalue weighted by Gasteiger charge is -2.22. The van der Waals surface area contributed by atoms with Crippen molar-refractivity contribution in [3.63, 3.8) is 0 Å². The number of alkyl halides is 2.